The monoisotopic (exact) mass is 260 g/mol. The third-order valence-electron chi connectivity index (χ3n) is 2.64. The van der Waals surface area contributed by atoms with Crippen LogP contribution in [0.5, 0.6) is 0 Å². The zero-order chi connectivity index (χ0) is 13.1. The molecule has 0 aromatic carbocycles. The molecule has 0 aliphatic carbocycles. The molecule has 4 heteroatoms. The van der Waals surface area contributed by atoms with E-state index in [9.17, 15) is 4.79 Å². The van der Waals surface area contributed by atoms with Gasteiger partial charge < -0.3 is 11.1 Å². The molecule has 0 bridgehead atoms. The molecule has 0 fully saturated rings. The molecule has 0 spiro atoms. The molecular formula is C13H28N2OS. The van der Waals surface area contributed by atoms with Gasteiger partial charge in [-0.1, -0.05) is 26.7 Å². The van der Waals surface area contributed by atoms with Crippen LogP contribution >= 0.6 is 11.8 Å². The molecule has 0 heterocycles. The van der Waals surface area contributed by atoms with Crippen LogP contribution < -0.4 is 11.1 Å². The van der Waals surface area contributed by atoms with Crippen molar-refractivity contribution in [1.82, 2.24) is 5.32 Å². The fourth-order valence-electron chi connectivity index (χ4n) is 1.68. The minimum atomic E-state index is -0.341. The van der Waals surface area contributed by atoms with E-state index in [0.717, 1.165) is 19.4 Å². The topological polar surface area (TPSA) is 55.1 Å². The molecule has 0 aliphatic rings. The van der Waals surface area contributed by atoms with Gasteiger partial charge in [-0.25, -0.2) is 0 Å². The number of hydrogen-bond donors (Lipinski definition) is 2. The summed E-state index contributed by atoms with van der Waals surface area (Å²) in [7, 11) is 0. The Kier molecular flexibility index (Phi) is 10.8. The number of rotatable bonds is 10. The van der Waals surface area contributed by atoms with Gasteiger partial charge in [0.1, 0.15) is 0 Å². The summed E-state index contributed by atoms with van der Waals surface area (Å²) in [6, 6.07) is -0.341. The quantitative estimate of drug-likeness (QED) is 0.593. The summed E-state index contributed by atoms with van der Waals surface area (Å²) in [5.41, 5.74) is 5.78. The lowest BCUT2D eigenvalue weighted by Gasteiger charge is -2.13. The van der Waals surface area contributed by atoms with Crippen molar-refractivity contribution in [2.75, 3.05) is 18.6 Å². The van der Waals surface area contributed by atoms with E-state index in [1.807, 2.05) is 11.8 Å². The molecule has 0 saturated carbocycles. The van der Waals surface area contributed by atoms with Crippen LogP contribution in [0.2, 0.25) is 0 Å². The lowest BCUT2D eigenvalue weighted by molar-refractivity contribution is -0.122. The van der Waals surface area contributed by atoms with Gasteiger partial charge in [0.05, 0.1) is 6.04 Å². The van der Waals surface area contributed by atoms with Crippen LogP contribution in [0.15, 0.2) is 0 Å². The Morgan fingerprint density at radius 2 is 1.88 bits per heavy atom. The summed E-state index contributed by atoms with van der Waals surface area (Å²) in [5.74, 6) is 1.72. The number of nitrogens with one attached hydrogen (secondary N) is 1. The molecule has 102 valence electrons. The van der Waals surface area contributed by atoms with E-state index in [-0.39, 0.29) is 11.9 Å². The van der Waals surface area contributed by atoms with Gasteiger partial charge in [-0.15, -0.1) is 0 Å². The predicted octanol–water partition coefficient (Wildman–Crippen LogP) is 2.40. The highest BCUT2D eigenvalue weighted by Gasteiger charge is 2.13. The highest BCUT2D eigenvalue weighted by atomic mass is 32.2. The van der Waals surface area contributed by atoms with Crippen molar-refractivity contribution in [2.24, 2.45) is 11.7 Å². The molecule has 0 aromatic heterocycles. The molecule has 0 radical (unpaired) electrons. The lowest BCUT2D eigenvalue weighted by Crippen LogP contribution is -2.41. The van der Waals surface area contributed by atoms with Crippen molar-refractivity contribution >= 4 is 17.7 Å². The second-order valence-electron chi connectivity index (χ2n) is 4.93. The second kappa shape index (κ2) is 10.9. The standard InChI is InChI=1S/C13H28N2OS/c1-11(2)10-12(14)13(16)15-8-6-4-5-7-9-17-3/h11-12H,4-10,14H2,1-3H3,(H,15,16). The van der Waals surface area contributed by atoms with E-state index < -0.39 is 0 Å². The maximum Gasteiger partial charge on any atom is 0.236 e. The van der Waals surface area contributed by atoms with Gasteiger partial charge in [-0.2, -0.15) is 11.8 Å². The first kappa shape index (κ1) is 16.8. The van der Waals surface area contributed by atoms with Gasteiger partial charge in [0, 0.05) is 6.54 Å². The molecule has 1 unspecified atom stereocenters. The summed E-state index contributed by atoms with van der Waals surface area (Å²) in [6.45, 7) is 4.93. The molecule has 1 atom stereocenters. The number of carbonyl (C=O) groups is 1. The smallest absolute Gasteiger partial charge is 0.236 e. The SMILES string of the molecule is CSCCCCCCNC(=O)C(N)CC(C)C. The largest absolute Gasteiger partial charge is 0.355 e. The normalized spacial score (nSPS) is 12.8. The molecule has 1 amide bonds. The number of unbranched alkanes of at least 4 members (excludes halogenated alkanes) is 3. The third-order valence-corrected chi connectivity index (χ3v) is 3.33. The van der Waals surface area contributed by atoms with Gasteiger partial charge >= 0.3 is 0 Å². The van der Waals surface area contributed by atoms with E-state index in [0.29, 0.717) is 5.92 Å². The molecule has 3 nitrogen and oxygen atoms in total. The predicted molar refractivity (Wildman–Crippen MR) is 77.3 cm³/mol. The van der Waals surface area contributed by atoms with Crippen molar-refractivity contribution in [3.63, 3.8) is 0 Å². The zero-order valence-electron chi connectivity index (χ0n) is 11.5. The summed E-state index contributed by atoms with van der Waals surface area (Å²) in [4.78, 5) is 11.6. The van der Waals surface area contributed by atoms with Gasteiger partial charge in [0.2, 0.25) is 5.91 Å². The maximum atomic E-state index is 11.6. The van der Waals surface area contributed by atoms with Crippen LogP contribution in [0.3, 0.4) is 0 Å². The van der Waals surface area contributed by atoms with Crippen molar-refractivity contribution in [3.8, 4) is 0 Å². The second-order valence-corrected chi connectivity index (χ2v) is 5.92. The summed E-state index contributed by atoms with van der Waals surface area (Å²) in [5, 5.41) is 2.91. The average molecular weight is 260 g/mol. The van der Waals surface area contributed by atoms with E-state index in [2.05, 4.69) is 25.4 Å². The Morgan fingerprint density at radius 3 is 2.47 bits per heavy atom. The highest BCUT2D eigenvalue weighted by Crippen LogP contribution is 2.05. The van der Waals surface area contributed by atoms with Gasteiger partial charge in [-0.3, -0.25) is 4.79 Å². The number of carbonyl (C=O) groups excluding carboxylic acids is 1. The number of nitrogens with two attached hydrogens (primary N) is 1. The molecular weight excluding hydrogens is 232 g/mol. The van der Waals surface area contributed by atoms with E-state index >= 15 is 0 Å². The molecule has 0 aliphatic heterocycles. The van der Waals surface area contributed by atoms with Gasteiger partial charge in [0.15, 0.2) is 0 Å². The first-order valence-electron chi connectivity index (χ1n) is 6.60. The van der Waals surface area contributed by atoms with Crippen LogP contribution in [0, 0.1) is 5.92 Å². The lowest BCUT2D eigenvalue weighted by atomic mass is 10.0. The van der Waals surface area contributed by atoms with Gasteiger partial charge in [0.25, 0.3) is 0 Å². The van der Waals surface area contributed by atoms with Crippen LogP contribution in [-0.4, -0.2) is 30.5 Å². The summed E-state index contributed by atoms with van der Waals surface area (Å²) >= 11 is 1.89. The van der Waals surface area contributed by atoms with Crippen molar-refractivity contribution in [1.29, 1.82) is 0 Å². The molecule has 3 N–H and O–H groups in total. The van der Waals surface area contributed by atoms with E-state index in [4.69, 9.17) is 5.73 Å². The summed E-state index contributed by atoms with van der Waals surface area (Å²) < 4.78 is 0. The fourth-order valence-corrected chi connectivity index (χ4v) is 2.18. The van der Waals surface area contributed by atoms with Crippen LogP contribution in [-0.2, 0) is 4.79 Å². The number of thioether (sulfide) groups is 1. The molecule has 0 rings (SSSR count). The van der Waals surface area contributed by atoms with Crippen molar-refractivity contribution in [3.05, 3.63) is 0 Å². The van der Waals surface area contributed by atoms with Crippen LogP contribution in [0.1, 0.15) is 46.0 Å². The fraction of sp³-hybridized carbons (Fsp3) is 0.923. The molecule has 0 saturated heterocycles. The minimum Gasteiger partial charge on any atom is -0.355 e. The van der Waals surface area contributed by atoms with Crippen molar-refractivity contribution < 1.29 is 4.79 Å². The van der Waals surface area contributed by atoms with E-state index in [1.165, 1.54) is 25.0 Å². The maximum absolute atomic E-state index is 11.6. The zero-order valence-corrected chi connectivity index (χ0v) is 12.3. The van der Waals surface area contributed by atoms with Crippen molar-refractivity contribution in [2.45, 2.75) is 52.0 Å². The average Bonchev–Trinajstić information content (AvgIpc) is 2.26. The Morgan fingerprint density at radius 1 is 1.24 bits per heavy atom. The Bertz CT molecular complexity index is 198. The summed E-state index contributed by atoms with van der Waals surface area (Å²) in [6.07, 6.45) is 7.70. The third kappa shape index (κ3) is 10.6. The van der Waals surface area contributed by atoms with Crippen LogP contribution in [0.4, 0.5) is 0 Å². The number of amides is 1. The van der Waals surface area contributed by atoms with Gasteiger partial charge in [-0.05, 0) is 37.2 Å². The minimum absolute atomic E-state index is 0.00261. The Balaban J connectivity index is 3.38. The molecule has 17 heavy (non-hydrogen) atoms. The molecule has 0 aromatic rings. The Hall–Kier alpha value is -0.220. The first-order valence-corrected chi connectivity index (χ1v) is 7.99. The van der Waals surface area contributed by atoms with E-state index in [1.54, 1.807) is 0 Å². The first-order chi connectivity index (χ1) is 8.07. The Labute approximate surface area is 110 Å². The van der Waals surface area contributed by atoms with Crippen LogP contribution in [0.25, 0.3) is 0 Å². The highest BCUT2D eigenvalue weighted by molar-refractivity contribution is 7.98. The number of hydrogen-bond acceptors (Lipinski definition) is 3.